The van der Waals surface area contributed by atoms with E-state index in [-0.39, 0.29) is 57.3 Å². The molecule has 0 amide bonds. The van der Waals surface area contributed by atoms with E-state index in [9.17, 15) is 22.0 Å². The van der Waals surface area contributed by atoms with E-state index in [0.29, 0.717) is 28.1 Å². The summed E-state index contributed by atoms with van der Waals surface area (Å²) in [5.41, 5.74) is 9.09. The number of anilines is 1. The van der Waals surface area contributed by atoms with Gasteiger partial charge in [-0.2, -0.15) is 5.10 Å². The number of hydrogen-bond donors (Lipinski definition) is 1. The molecule has 15 heteroatoms. The molecule has 2 N–H and O–H groups in total. The van der Waals surface area contributed by atoms with Gasteiger partial charge in [0.15, 0.2) is 11.5 Å². The smallest absolute Gasteiger partial charge is 0.268 e. The number of pyridine rings is 1. The van der Waals surface area contributed by atoms with E-state index in [0.717, 1.165) is 28.8 Å². The van der Waals surface area contributed by atoms with Crippen LogP contribution in [0.15, 0.2) is 65.5 Å². The predicted molar refractivity (Wildman–Crippen MR) is 185 cm³/mol. The zero-order chi connectivity index (χ0) is 35.4. The van der Waals surface area contributed by atoms with Crippen LogP contribution < -0.4 is 20.3 Å². The van der Waals surface area contributed by atoms with Crippen molar-refractivity contribution in [3.8, 4) is 11.4 Å². The van der Waals surface area contributed by atoms with Gasteiger partial charge in [0.2, 0.25) is 10.0 Å². The van der Waals surface area contributed by atoms with Crippen molar-refractivity contribution in [2.45, 2.75) is 32.9 Å². The average molecular weight is 708 g/mol. The Morgan fingerprint density at radius 1 is 0.980 bits per heavy atom. The molecule has 6 aromatic rings. The zero-order valence-corrected chi connectivity index (χ0v) is 28.8. The van der Waals surface area contributed by atoms with Crippen LogP contribution in [0.2, 0.25) is 5.02 Å². The number of nitrogens with zero attached hydrogens (tertiary/aromatic N) is 6. The molecule has 6 rings (SSSR count). The maximum absolute atomic E-state index is 14.5. The summed E-state index contributed by atoms with van der Waals surface area (Å²) in [6.07, 6.45) is 0.991. The van der Waals surface area contributed by atoms with Crippen LogP contribution in [0.1, 0.15) is 34.3 Å². The lowest BCUT2D eigenvalue weighted by atomic mass is 10.0. The van der Waals surface area contributed by atoms with Crippen LogP contribution in [0.4, 0.5) is 14.6 Å². The minimum absolute atomic E-state index is 0.0408. The molecule has 0 radical (unpaired) electrons. The molecular weight excluding hydrogens is 676 g/mol. The third kappa shape index (κ3) is 6.46. The van der Waals surface area contributed by atoms with Crippen LogP contribution in [0.25, 0.3) is 27.6 Å². The first-order valence-electron chi connectivity index (χ1n) is 15.0. The first-order valence-corrected chi connectivity index (χ1v) is 17.3. The molecule has 3 aromatic carbocycles. The maximum Gasteiger partial charge on any atom is 0.268 e. The van der Waals surface area contributed by atoms with Crippen molar-refractivity contribution in [2.75, 3.05) is 17.7 Å². The van der Waals surface area contributed by atoms with Crippen LogP contribution in [0.3, 0.4) is 0 Å². The van der Waals surface area contributed by atoms with Gasteiger partial charge in [-0.15, -0.1) is 0 Å². The van der Waals surface area contributed by atoms with E-state index < -0.39 is 33.3 Å². The molecule has 0 aliphatic carbocycles. The van der Waals surface area contributed by atoms with E-state index in [2.05, 4.69) is 10.1 Å². The Bertz CT molecular complexity index is 2410. The number of hydrogen-bond acceptors (Lipinski definition) is 8. The Balaban J connectivity index is 1.61. The Kier molecular flexibility index (Phi) is 8.90. The van der Waals surface area contributed by atoms with E-state index in [1.54, 1.807) is 57.3 Å². The van der Waals surface area contributed by atoms with Crippen molar-refractivity contribution in [1.82, 2.24) is 24.3 Å². The number of nitrogens with two attached hydrogens (primary N) is 1. The van der Waals surface area contributed by atoms with Gasteiger partial charge in [0, 0.05) is 18.8 Å². The van der Waals surface area contributed by atoms with E-state index >= 15 is 0 Å². The minimum atomic E-state index is -3.92. The monoisotopic (exact) mass is 707 g/mol. The number of benzene rings is 3. The predicted octanol–water partition coefficient (Wildman–Crippen LogP) is 5.43. The summed E-state index contributed by atoms with van der Waals surface area (Å²) in [7, 11) is -0.782. The number of rotatable bonds is 9. The SMILES string of the molecule is COc1ccc(CN(c2nn(C)c3c(-n4c([C@@H](N)Cc5cc(F)cc(F)c5)nc5nc(C)cc(C)c5c4=O)ccc(Cl)c23)S(C)(=O)=O)cc1. The molecule has 0 spiro atoms. The molecular formula is C34H32ClF2N7O4S. The van der Waals surface area contributed by atoms with Crippen molar-refractivity contribution < 1.29 is 21.9 Å². The van der Waals surface area contributed by atoms with Crippen molar-refractivity contribution in [3.05, 3.63) is 116 Å². The molecule has 3 heterocycles. The van der Waals surface area contributed by atoms with Crippen LogP contribution in [0.5, 0.6) is 5.75 Å². The van der Waals surface area contributed by atoms with Crippen molar-refractivity contribution >= 4 is 49.4 Å². The average Bonchev–Trinajstić information content (AvgIpc) is 3.36. The fraction of sp³-hybridized carbons (Fsp3) is 0.235. The molecule has 0 bridgehead atoms. The van der Waals surface area contributed by atoms with Gasteiger partial charge < -0.3 is 10.5 Å². The highest BCUT2D eigenvalue weighted by molar-refractivity contribution is 7.92. The van der Waals surface area contributed by atoms with Gasteiger partial charge in [0.25, 0.3) is 5.56 Å². The molecule has 0 aliphatic heterocycles. The first kappa shape index (κ1) is 34.0. The van der Waals surface area contributed by atoms with Gasteiger partial charge in [-0.05, 0) is 79.4 Å². The molecule has 49 heavy (non-hydrogen) atoms. The highest BCUT2D eigenvalue weighted by Crippen LogP contribution is 2.38. The largest absolute Gasteiger partial charge is 0.497 e. The van der Waals surface area contributed by atoms with Gasteiger partial charge in [-0.25, -0.2) is 31.5 Å². The number of aryl methyl sites for hydroxylation is 3. The lowest BCUT2D eigenvalue weighted by molar-refractivity contribution is 0.414. The van der Waals surface area contributed by atoms with Crippen LogP contribution in [0, 0.1) is 25.5 Å². The zero-order valence-electron chi connectivity index (χ0n) is 27.2. The third-order valence-electron chi connectivity index (χ3n) is 8.16. The van der Waals surface area contributed by atoms with Gasteiger partial charge in [0.05, 0.1) is 53.0 Å². The minimum Gasteiger partial charge on any atom is -0.497 e. The Labute approximate surface area is 285 Å². The quantitative estimate of drug-likeness (QED) is 0.210. The summed E-state index contributed by atoms with van der Waals surface area (Å²) in [5.74, 6) is -0.836. The lowest BCUT2D eigenvalue weighted by Gasteiger charge is -2.21. The normalized spacial score (nSPS) is 12.5. The summed E-state index contributed by atoms with van der Waals surface area (Å²) >= 11 is 6.79. The second-order valence-electron chi connectivity index (χ2n) is 11.8. The summed E-state index contributed by atoms with van der Waals surface area (Å²) in [4.78, 5) is 23.7. The fourth-order valence-electron chi connectivity index (χ4n) is 6.03. The van der Waals surface area contributed by atoms with Crippen molar-refractivity contribution in [2.24, 2.45) is 12.8 Å². The van der Waals surface area contributed by atoms with E-state index in [4.69, 9.17) is 27.1 Å². The summed E-state index contributed by atoms with van der Waals surface area (Å²) in [6, 6.07) is 13.8. The van der Waals surface area contributed by atoms with Crippen LogP contribution >= 0.6 is 11.6 Å². The molecule has 11 nitrogen and oxygen atoms in total. The van der Waals surface area contributed by atoms with E-state index in [1.807, 2.05) is 0 Å². The molecule has 1 atom stereocenters. The maximum atomic E-state index is 14.5. The highest BCUT2D eigenvalue weighted by atomic mass is 35.5. The van der Waals surface area contributed by atoms with Gasteiger partial charge in [0.1, 0.15) is 23.2 Å². The molecule has 0 fully saturated rings. The number of methoxy groups -OCH3 is 1. The Morgan fingerprint density at radius 3 is 2.29 bits per heavy atom. The van der Waals surface area contributed by atoms with E-state index in [1.165, 1.54) is 22.4 Å². The van der Waals surface area contributed by atoms with Gasteiger partial charge >= 0.3 is 0 Å². The summed E-state index contributed by atoms with van der Waals surface area (Å²) in [6.45, 7) is 3.47. The number of sulfonamides is 1. The first-order chi connectivity index (χ1) is 23.2. The number of ether oxygens (including phenoxy) is 1. The number of fused-ring (bicyclic) bond motifs is 2. The fourth-order valence-corrected chi connectivity index (χ4v) is 7.09. The number of halogens is 3. The molecule has 254 valence electrons. The molecule has 0 aliphatic rings. The van der Waals surface area contributed by atoms with Crippen LogP contribution in [-0.4, -0.2) is 46.1 Å². The molecule has 3 aromatic heterocycles. The van der Waals surface area contributed by atoms with Gasteiger partial charge in [-0.3, -0.25) is 14.0 Å². The molecule has 0 saturated heterocycles. The summed E-state index contributed by atoms with van der Waals surface area (Å²) < 4.78 is 63.9. The summed E-state index contributed by atoms with van der Waals surface area (Å²) in [5, 5.41) is 5.29. The Morgan fingerprint density at radius 2 is 1.65 bits per heavy atom. The molecule has 0 saturated carbocycles. The highest BCUT2D eigenvalue weighted by Gasteiger charge is 2.29. The molecule has 0 unspecified atom stereocenters. The van der Waals surface area contributed by atoms with Gasteiger partial charge in [-0.1, -0.05) is 23.7 Å². The third-order valence-corrected chi connectivity index (χ3v) is 9.58. The van der Waals surface area contributed by atoms with Crippen molar-refractivity contribution in [3.63, 3.8) is 0 Å². The second kappa shape index (κ2) is 12.8. The number of aromatic nitrogens is 5. The van der Waals surface area contributed by atoms with Crippen molar-refractivity contribution in [1.29, 1.82) is 0 Å². The standard InChI is InChI=1S/C34H32ClF2N7O4S/c1-18-12-19(2)39-31-28(18)34(45)44(32(40-31)26(38)15-21-13-22(36)16-23(37)14-21)27-11-10-25(35)29-30(27)42(3)41-33(29)43(49(5,46)47)17-20-6-8-24(48-4)9-7-20/h6-14,16,26H,15,17,38H2,1-5H3/t26-/m0/s1. The Hall–Kier alpha value is -4.92. The van der Waals surface area contributed by atoms with Crippen LogP contribution in [-0.2, 0) is 30.0 Å². The lowest BCUT2D eigenvalue weighted by Crippen LogP contribution is -2.30. The second-order valence-corrected chi connectivity index (χ2v) is 14.1. The topological polar surface area (TPSA) is 138 Å².